The number of fused-ring (bicyclic) bond motifs is 1. The van der Waals surface area contributed by atoms with Gasteiger partial charge in [0.25, 0.3) is 15.9 Å². The minimum absolute atomic E-state index is 0.0376. The number of nitrogens with zero attached hydrogens (tertiary/aromatic N) is 4. The van der Waals surface area contributed by atoms with Gasteiger partial charge in [-0.2, -0.15) is 0 Å². The third kappa shape index (κ3) is 5.21. The first-order valence-electron chi connectivity index (χ1n) is 12.3. The summed E-state index contributed by atoms with van der Waals surface area (Å²) in [4.78, 5) is 13.5. The number of carbonyl (C=O) groups is 1. The average molecular weight is 573 g/mol. The zero-order valence-corrected chi connectivity index (χ0v) is 23.3. The van der Waals surface area contributed by atoms with Crippen molar-refractivity contribution in [3.63, 3.8) is 0 Å². The van der Waals surface area contributed by atoms with Gasteiger partial charge in [-0.05, 0) is 55.0 Å². The van der Waals surface area contributed by atoms with Gasteiger partial charge in [-0.3, -0.25) is 9.10 Å². The van der Waals surface area contributed by atoms with Gasteiger partial charge >= 0.3 is 0 Å². The molecule has 0 aliphatic carbocycles. The van der Waals surface area contributed by atoms with E-state index in [1.807, 2.05) is 19.1 Å². The maximum atomic E-state index is 14.0. The summed E-state index contributed by atoms with van der Waals surface area (Å²) < 4.78 is 30.6. The molecule has 0 saturated carbocycles. The molecule has 40 heavy (non-hydrogen) atoms. The molecule has 1 N–H and O–H groups in total. The van der Waals surface area contributed by atoms with Crippen LogP contribution in [0.5, 0.6) is 5.88 Å². The normalized spacial score (nSPS) is 11.8. The molecule has 202 valence electrons. The number of anilines is 1. The second kappa shape index (κ2) is 11.0. The minimum Gasteiger partial charge on any atom is -0.493 e. The summed E-state index contributed by atoms with van der Waals surface area (Å²) in [5, 5.41) is 19.7. The van der Waals surface area contributed by atoms with Crippen LogP contribution in [0.15, 0.2) is 112 Å². The van der Waals surface area contributed by atoms with Gasteiger partial charge in [-0.15, -0.1) is 10.2 Å². The fraction of sp³-hybridized carbons (Fsp3) is 0.100. The Morgan fingerprint density at radius 3 is 2.30 bits per heavy atom. The molecule has 0 bridgehead atoms. The average Bonchev–Trinajstić information content (AvgIpc) is 3.20. The van der Waals surface area contributed by atoms with E-state index in [-0.39, 0.29) is 34.3 Å². The highest BCUT2D eigenvalue weighted by Gasteiger charge is 2.29. The van der Waals surface area contributed by atoms with Crippen molar-refractivity contribution >= 4 is 49.8 Å². The molecule has 0 unspecified atom stereocenters. The number of sulfonamides is 1. The highest BCUT2D eigenvalue weighted by Crippen LogP contribution is 2.38. The number of hydrogen-bond acceptors (Lipinski definition) is 5. The number of rotatable bonds is 7. The summed E-state index contributed by atoms with van der Waals surface area (Å²) in [6, 6.07) is 26.9. The van der Waals surface area contributed by atoms with Crippen molar-refractivity contribution in [1.82, 2.24) is 4.57 Å². The number of aromatic hydroxyl groups is 1. The lowest BCUT2D eigenvalue weighted by Crippen LogP contribution is -2.31. The Bertz CT molecular complexity index is 1850. The lowest BCUT2D eigenvalue weighted by atomic mass is 10.1. The Labute approximate surface area is 236 Å². The molecule has 5 rings (SSSR count). The molecule has 4 aromatic carbocycles. The van der Waals surface area contributed by atoms with Gasteiger partial charge < -0.3 is 9.67 Å². The SMILES string of the molecule is Cc1ccc(S(=O)(=O)N(Cc2ccc(Cl)cc2)c2ccccc2C(=O)N=Nc2c(O)n(C)c3ccccc23)cc1. The van der Waals surface area contributed by atoms with Crippen LogP contribution in [-0.4, -0.2) is 24.0 Å². The van der Waals surface area contributed by atoms with Crippen LogP contribution in [0.2, 0.25) is 5.02 Å². The molecule has 10 heteroatoms. The van der Waals surface area contributed by atoms with Crippen molar-refractivity contribution in [3.8, 4) is 5.88 Å². The van der Waals surface area contributed by atoms with Crippen molar-refractivity contribution in [1.29, 1.82) is 0 Å². The van der Waals surface area contributed by atoms with E-state index in [9.17, 15) is 18.3 Å². The number of amides is 1. The van der Waals surface area contributed by atoms with Crippen molar-refractivity contribution in [2.75, 3.05) is 4.31 Å². The highest BCUT2D eigenvalue weighted by molar-refractivity contribution is 7.92. The molecule has 1 amide bonds. The molecule has 0 atom stereocenters. The molecule has 0 saturated heterocycles. The monoisotopic (exact) mass is 572 g/mol. The number of azo groups is 1. The number of benzene rings is 4. The van der Waals surface area contributed by atoms with Crippen LogP contribution in [0.3, 0.4) is 0 Å². The van der Waals surface area contributed by atoms with Crippen molar-refractivity contribution in [3.05, 3.63) is 119 Å². The van der Waals surface area contributed by atoms with Crippen molar-refractivity contribution < 1.29 is 18.3 Å². The van der Waals surface area contributed by atoms with E-state index in [4.69, 9.17) is 11.6 Å². The van der Waals surface area contributed by atoms with Gasteiger partial charge in [-0.25, -0.2) is 8.42 Å². The fourth-order valence-corrected chi connectivity index (χ4v) is 5.97. The molecular formula is C30H25ClN4O4S. The van der Waals surface area contributed by atoms with Gasteiger partial charge in [0.15, 0.2) is 5.69 Å². The number of para-hydroxylation sites is 2. The molecule has 5 aromatic rings. The summed E-state index contributed by atoms with van der Waals surface area (Å²) in [5.41, 5.74) is 2.63. The Hall–Kier alpha value is -4.47. The second-order valence-corrected chi connectivity index (χ2v) is 11.5. The highest BCUT2D eigenvalue weighted by atomic mass is 35.5. The standard InChI is InChI=1S/C30H25ClN4O4S/c1-20-11-17-23(18-12-20)40(38,39)35(19-21-13-15-22(31)16-14-21)27-10-6-4-8-25(27)29(36)33-32-28-24-7-3-5-9-26(24)34(2)30(28)37/h3-18,37H,19H2,1-2H3. The van der Waals surface area contributed by atoms with Crippen LogP contribution < -0.4 is 4.31 Å². The molecule has 8 nitrogen and oxygen atoms in total. The number of aryl methyl sites for hydroxylation is 2. The predicted molar refractivity (Wildman–Crippen MR) is 156 cm³/mol. The summed E-state index contributed by atoms with van der Waals surface area (Å²) in [7, 11) is -2.42. The van der Waals surface area contributed by atoms with E-state index in [2.05, 4.69) is 10.2 Å². The van der Waals surface area contributed by atoms with Crippen LogP contribution >= 0.6 is 11.6 Å². The van der Waals surface area contributed by atoms with Crippen LogP contribution in [-0.2, 0) is 23.6 Å². The molecule has 1 heterocycles. The quantitative estimate of drug-likeness (QED) is 0.209. The van der Waals surface area contributed by atoms with E-state index in [1.54, 1.807) is 78.3 Å². The first-order chi connectivity index (χ1) is 19.2. The number of aromatic nitrogens is 1. The Balaban J connectivity index is 1.58. The Kier molecular flexibility index (Phi) is 7.42. The van der Waals surface area contributed by atoms with Crippen LogP contribution in [0.25, 0.3) is 10.9 Å². The van der Waals surface area contributed by atoms with E-state index in [1.165, 1.54) is 22.5 Å². The second-order valence-electron chi connectivity index (χ2n) is 9.22. The van der Waals surface area contributed by atoms with Crippen molar-refractivity contribution in [2.45, 2.75) is 18.4 Å². The fourth-order valence-electron chi connectivity index (χ4n) is 4.37. The van der Waals surface area contributed by atoms with E-state index >= 15 is 0 Å². The van der Waals surface area contributed by atoms with Gasteiger partial charge in [0, 0.05) is 17.5 Å². The lowest BCUT2D eigenvalue weighted by Gasteiger charge is -2.26. The largest absolute Gasteiger partial charge is 0.493 e. The zero-order chi connectivity index (χ0) is 28.4. The number of hydrogen-bond donors (Lipinski definition) is 1. The van der Waals surface area contributed by atoms with Crippen LogP contribution in [0.1, 0.15) is 21.5 Å². The van der Waals surface area contributed by atoms with Crippen molar-refractivity contribution in [2.24, 2.45) is 17.3 Å². The first kappa shape index (κ1) is 27.1. The van der Waals surface area contributed by atoms with Gasteiger partial charge in [0.1, 0.15) is 0 Å². The van der Waals surface area contributed by atoms with E-state index in [0.29, 0.717) is 16.0 Å². The van der Waals surface area contributed by atoms with Gasteiger partial charge in [0.2, 0.25) is 5.88 Å². The molecule has 1 aromatic heterocycles. The third-order valence-electron chi connectivity index (χ3n) is 6.54. The molecule has 0 fully saturated rings. The summed E-state index contributed by atoms with van der Waals surface area (Å²) in [6.45, 7) is 1.81. The maximum Gasteiger partial charge on any atom is 0.297 e. The number of carbonyl (C=O) groups excluding carboxylic acids is 1. The molecule has 0 radical (unpaired) electrons. The van der Waals surface area contributed by atoms with E-state index in [0.717, 1.165) is 11.1 Å². The Morgan fingerprint density at radius 1 is 0.925 bits per heavy atom. The molecular weight excluding hydrogens is 548 g/mol. The first-order valence-corrected chi connectivity index (χ1v) is 14.1. The number of halogens is 1. The predicted octanol–water partition coefficient (Wildman–Crippen LogP) is 7.17. The Morgan fingerprint density at radius 2 is 1.57 bits per heavy atom. The van der Waals surface area contributed by atoms with Gasteiger partial charge in [0.05, 0.1) is 28.2 Å². The molecule has 0 aliphatic rings. The summed E-state index contributed by atoms with van der Waals surface area (Å²) in [6.07, 6.45) is 0. The van der Waals surface area contributed by atoms with Crippen LogP contribution in [0.4, 0.5) is 11.4 Å². The zero-order valence-electron chi connectivity index (χ0n) is 21.7. The molecule has 0 spiro atoms. The van der Waals surface area contributed by atoms with Crippen LogP contribution in [0, 0.1) is 6.92 Å². The lowest BCUT2D eigenvalue weighted by molar-refractivity contribution is 0.0995. The summed E-state index contributed by atoms with van der Waals surface area (Å²) in [5.74, 6) is -0.902. The maximum absolute atomic E-state index is 14.0. The third-order valence-corrected chi connectivity index (χ3v) is 8.57. The summed E-state index contributed by atoms with van der Waals surface area (Å²) >= 11 is 6.05. The topological polar surface area (TPSA) is 104 Å². The molecule has 0 aliphatic heterocycles. The van der Waals surface area contributed by atoms with Gasteiger partial charge in [-0.1, -0.05) is 71.8 Å². The minimum atomic E-state index is -4.10. The smallest absolute Gasteiger partial charge is 0.297 e. The van der Waals surface area contributed by atoms with E-state index < -0.39 is 15.9 Å².